The van der Waals surface area contributed by atoms with E-state index in [-0.39, 0.29) is 13.0 Å². The van der Waals surface area contributed by atoms with Crippen LogP contribution in [0, 0.1) is 0 Å². The molecule has 0 amide bonds. The highest BCUT2D eigenvalue weighted by atomic mass is 16.8. The number of carboxylic acid groups (broad SMARTS) is 1. The van der Waals surface area contributed by atoms with Crippen LogP contribution in [0.4, 0.5) is 0 Å². The van der Waals surface area contributed by atoms with Crippen LogP contribution in [0.3, 0.4) is 0 Å². The lowest BCUT2D eigenvalue weighted by Crippen LogP contribution is -2.65. The molecular weight excluding hydrogens is 744 g/mol. The second kappa shape index (κ2) is 27.6. The number of carboxylic acids is 1. The minimum absolute atomic E-state index is 0.227. The molecule has 0 aliphatic carbocycles. The lowest BCUT2D eigenvalue weighted by molar-refractivity contribution is -0.361. The molecule has 56 heavy (non-hydrogen) atoms. The highest BCUT2D eigenvalue weighted by Gasteiger charge is 2.52. The van der Waals surface area contributed by atoms with Gasteiger partial charge < -0.3 is 74.4 Å². The normalized spacial score (nSPS) is 29.7. The topological polar surface area (TPSA) is 289 Å². The number of aliphatic carboxylic acids is 1. The maximum atomic E-state index is 12.8. The van der Waals surface area contributed by atoms with Crippen LogP contribution in [-0.2, 0) is 42.8 Å². The summed E-state index contributed by atoms with van der Waals surface area (Å²) in [5, 5.41) is 92.4. The zero-order valence-corrected chi connectivity index (χ0v) is 32.8. The highest BCUT2D eigenvalue weighted by molar-refractivity contribution is 5.70. The number of hydrogen-bond acceptors (Lipinski definition) is 17. The van der Waals surface area contributed by atoms with E-state index < -0.39 is 117 Å². The Balaban J connectivity index is 1.90. The number of ether oxygens (including phenoxy) is 6. The Morgan fingerprint density at radius 1 is 0.643 bits per heavy atom. The average Bonchev–Trinajstić information content (AvgIpc) is 3.14. The molecule has 18 nitrogen and oxygen atoms in total. The Kier molecular flexibility index (Phi) is 24.7. The Bertz CT molecular complexity index is 1100. The number of aliphatic hydroxyl groups excluding tert-OH is 8. The number of carbonyl (C=O) groups excluding carboxylic acids is 2. The molecule has 13 atom stereocenters. The SMILES string of the molecule is CCCCC[C@H](O)CC(=O)O[C@H]1[C@H](O[C@H]2[C@H](O)[C@@H](O)[C@H](OC[C@@H](O)CCCCCCCCCCC[C@@H](O)CC(=O)O)O[C@@H]2COC(C)=O)O[C@H](CO)[C@@H](O)[C@@H]1O. The van der Waals surface area contributed by atoms with E-state index >= 15 is 0 Å². The van der Waals surface area contributed by atoms with E-state index in [0.29, 0.717) is 32.1 Å². The molecule has 2 heterocycles. The molecule has 328 valence electrons. The molecule has 0 aromatic rings. The summed E-state index contributed by atoms with van der Waals surface area (Å²) in [5.41, 5.74) is 0. The van der Waals surface area contributed by atoms with Crippen LogP contribution in [0.25, 0.3) is 0 Å². The number of unbranched alkanes of at least 4 members (excludes halogenated alkanes) is 10. The lowest BCUT2D eigenvalue weighted by Gasteiger charge is -2.46. The van der Waals surface area contributed by atoms with E-state index in [9.17, 15) is 55.2 Å². The number of esters is 2. The molecule has 0 saturated carbocycles. The van der Waals surface area contributed by atoms with Gasteiger partial charge in [-0.25, -0.2) is 0 Å². The van der Waals surface area contributed by atoms with Gasteiger partial charge in [-0.15, -0.1) is 0 Å². The summed E-state index contributed by atoms with van der Waals surface area (Å²) in [5.74, 6) is -2.64. The fraction of sp³-hybridized carbons (Fsp3) is 0.921. The minimum atomic E-state index is -1.83. The van der Waals surface area contributed by atoms with Gasteiger partial charge in [0, 0.05) is 6.92 Å². The Morgan fingerprint density at radius 2 is 1.16 bits per heavy atom. The van der Waals surface area contributed by atoms with Crippen LogP contribution in [0.5, 0.6) is 0 Å². The fourth-order valence-corrected chi connectivity index (χ4v) is 6.71. The molecule has 2 rings (SSSR count). The van der Waals surface area contributed by atoms with Gasteiger partial charge in [-0.1, -0.05) is 84.0 Å². The maximum absolute atomic E-state index is 12.8. The Labute approximate surface area is 329 Å². The lowest BCUT2D eigenvalue weighted by atomic mass is 9.96. The van der Waals surface area contributed by atoms with Crippen molar-refractivity contribution < 1.29 is 88.8 Å². The molecule has 9 N–H and O–H groups in total. The first-order chi connectivity index (χ1) is 26.7. The summed E-state index contributed by atoms with van der Waals surface area (Å²) in [7, 11) is 0. The smallest absolute Gasteiger partial charge is 0.308 e. The molecule has 2 aliphatic rings. The van der Waals surface area contributed by atoms with Gasteiger partial charge in [-0.05, 0) is 19.3 Å². The second-order valence-electron chi connectivity index (χ2n) is 14.9. The summed E-state index contributed by atoms with van der Waals surface area (Å²) >= 11 is 0. The van der Waals surface area contributed by atoms with Crippen molar-refractivity contribution >= 4 is 17.9 Å². The third-order valence-corrected chi connectivity index (χ3v) is 9.96. The van der Waals surface area contributed by atoms with Gasteiger partial charge in [-0.2, -0.15) is 0 Å². The zero-order valence-electron chi connectivity index (χ0n) is 32.8. The molecular formula is C38H68O18. The van der Waals surface area contributed by atoms with Crippen molar-refractivity contribution in [3.8, 4) is 0 Å². The third kappa shape index (κ3) is 18.7. The molecule has 18 heteroatoms. The first-order valence-corrected chi connectivity index (χ1v) is 20.2. The van der Waals surface area contributed by atoms with Crippen molar-refractivity contribution in [2.45, 2.75) is 203 Å². The molecule has 0 aromatic carbocycles. The van der Waals surface area contributed by atoms with Crippen molar-refractivity contribution in [1.29, 1.82) is 0 Å². The molecule has 0 unspecified atom stereocenters. The third-order valence-electron chi connectivity index (χ3n) is 9.96. The van der Waals surface area contributed by atoms with Gasteiger partial charge in [0.2, 0.25) is 0 Å². The maximum Gasteiger partial charge on any atom is 0.308 e. The van der Waals surface area contributed by atoms with Crippen LogP contribution >= 0.6 is 0 Å². The first kappa shape index (κ1) is 50.1. The predicted molar refractivity (Wildman–Crippen MR) is 196 cm³/mol. The van der Waals surface area contributed by atoms with Gasteiger partial charge in [0.1, 0.15) is 49.3 Å². The average molecular weight is 813 g/mol. The molecule has 2 saturated heterocycles. The summed E-state index contributed by atoms with van der Waals surface area (Å²) < 4.78 is 33.5. The van der Waals surface area contributed by atoms with Gasteiger partial charge >= 0.3 is 17.9 Å². The van der Waals surface area contributed by atoms with E-state index in [1.165, 1.54) is 0 Å². The number of rotatable bonds is 29. The van der Waals surface area contributed by atoms with E-state index in [1.807, 2.05) is 6.92 Å². The minimum Gasteiger partial charge on any atom is -0.481 e. The Morgan fingerprint density at radius 3 is 1.71 bits per heavy atom. The van der Waals surface area contributed by atoms with Crippen LogP contribution < -0.4 is 0 Å². The molecule has 0 aromatic heterocycles. The van der Waals surface area contributed by atoms with E-state index in [0.717, 1.165) is 71.1 Å². The summed E-state index contributed by atoms with van der Waals surface area (Å²) in [6.45, 7) is 1.59. The fourth-order valence-electron chi connectivity index (χ4n) is 6.71. The number of aliphatic hydroxyl groups is 8. The standard InChI is InChI=1S/C38H68O18/c1-3-4-12-15-25(42)19-30(46)55-36-32(48)31(47)27(20-39)53-38(36)56-35-28(22-51-23(2)40)54-37(34(50)33(35)49)52-21-26(43)17-14-11-9-7-5-6-8-10-13-16-24(41)18-29(44)45/h24-28,31-39,41-43,47-50H,3-22H2,1-2H3,(H,44,45)/t24-,25+,26+,27-,28-,31-,32+,33-,34-,35-,36-,37-,38+/m1/s1. The van der Waals surface area contributed by atoms with Crippen LogP contribution in [0.2, 0.25) is 0 Å². The predicted octanol–water partition coefficient (Wildman–Crippen LogP) is 0.568. The monoisotopic (exact) mass is 812 g/mol. The second-order valence-corrected chi connectivity index (χ2v) is 14.9. The van der Waals surface area contributed by atoms with E-state index in [4.69, 9.17) is 33.5 Å². The molecule has 0 spiro atoms. The van der Waals surface area contributed by atoms with Crippen molar-refractivity contribution in [3.05, 3.63) is 0 Å². The van der Waals surface area contributed by atoms with Crippen molar-refractivity contribution in [1.82, 2.24) is 0 Å². The van der Waals surface area contributed by atoms with Gasteiger partial charge in [-0.3, -0.25) is 14.4 Å². The quantitative estimate of drug-likeness (QED) is 0.0369. The van der Waals surface area contributed by atoms with Crippen molar-refractivity contribution in [3.63, 3.8) is 0 Å². The number of hydrogen-bond donors (Lipinski definition) is 9. The van der Waals surface area contributed by atoms with Crippen molar-refractivity contribution in [2.24, 2.45) is 0 Å². The van der Waals surface area contributed by atoms with E-state index in [1.54, 1.807) is 0 Å². The summed E-state index contributed by atoms with van der Waals surface area (Å²) in [4.78, 5) is 35.1. The zero-order chi connectivity index (χ0) is 41.6. The van der Waals surface area contributed by atoms with Crippen molar-refractivity contribution in [2.75, 3.05) is 19.8 Å². The summed E-state index contributed by atoms with van der Waals surface area (Å²) in [6, 6.07) is 0. The van der Waals surface area contributed by atoms with Crippen LogP contribution in [-0.4, -0.2) is 163 Å². The molecule has 0 radical (unpaired) electrons. The van der Waals surface area contributed by atoms with Crippen LogP contribution in [0.15, 0.2) is 0 Å². The Hall–Kier alpha value is -2.07. The first-order valence-electron chi connectivity index (χ1n) is 20.2. The van der Waals surface area contributed by atoms with E-state index in [2.05, 4.69) is 0 Å². The van der Waals surface area contributed by atoms with Gasteiger partial charge in [0.25, 0.3) is 0 Å². The van der Waals surface area contributed by atoms with Gasteiger partial charge in [0.05, 0.1) is 44.4 Å². The summed E-state index contributed by atoms with van der Waals surface area (Å²) in [6.07, 6.45) is -7.63. The van der Waals surface area contributed by atoms with Crippen LogP contribution in [0.1, 0.15) is 123 Å². The highest BCUT2D eigenvalue weighted by Crippen LogP contribution is 2.31. The largest absolute Gasteiger partial charge is 0.481 e. The van der Waals surface area contributed by atoms with Gasteiger partial charge in [0.15, 0.2) is 18.7 Å². The number of carbonyl (C=O) groups is 3. The molecule has 2 aliphatic heterocycles. The molecule has 0 bridgehead atoms. The molecule has 2 fully saturated rings.